The highest BCUT2D eigenvalue weighted by Gasteiger charge is 2.14. The lowest BCUT2D eigenvalue weighted by Crippen LogP contribution is -2.13. The van der Waals surface area contributed by atoms with Gasteiger partial charge in [0, 0.05) is 18.7 Å². The summed E-state index contributed by atoms with van der Waals surface area (Å²) in [6.07, 6.45) is 0. The van der Waals surface area contributed by atoms with Gasteiger partial charge in [0.1, 0.15) is 5.75 Å². The van der Waals surface area contributed by atoms with E-state index in [4.69, 9.17) is 4.74 Å². The predicted molar refractivity (Wildman–Crippen MR) is 72.7 cm³/mol. The second-order valence-electron chi connectivity index (χ2n) is 4.29. The Morgan fingerprint density at radius 1 is 1.33 bits per heavy atom. The normalized spacial score (nSPS) is 12.4. The van der Waals surface area contributed by atoms with Crippen LogP contribution in [0.15, 0.2) is 30.3 Å². The summed E-state index contributed by atoms with van der Waals surface area (Å²) in [5.41, 5.74) is 3.15. The van der Waals surface area contributed by atoms with E-state index in [0.29, 0.717) is 0 Å². The molecule has 1 atom stereocenters. The summed E-state index contributed by atoms with van der Waals surface area (Å²) >= 11 is 0. The standard InChI is InChI=1S/C14H19N3O/c1-10(15-2)12-9-13(17(3)16-12)11-7-5-6-8-14(11)18-4/h5-10,15H,1-4H3. The molecule has 4 heteroatoms. The van der Waals surface area contributed by atoms with Gasteiger partial charge in [0.2, 0.25) is 0 Å². The molecule has 0 aliphatic carbocycles. The van der Waals surface area contributed by atoms with Crippen LogP contribution in [0.2, 0.25) is 0 Å². The summed E-state index contributed by atoms with van der Waals surface area (Å²) in [6.45, 7) is 2.09. The molecule has 1 N–H and O–H groups in total. The summed E-state index contributed by atoms with van der Waals surface area (Å²) in [5.74, 6) is 0.865. The van der Waals surface area contributed by atoms with Gasteiger partial charge in [-0.25, -0.2) is 0 Å². The molecule has 96 valence electrons. The summed E-state index contributed by atoms with van der Waals surface area (Å²) in [7, 11) is 5.57. The molecule has 0 amide bonds. The number of nitrogens with one attached hydrogen (secondary N) is 1. The highest BCUT2D eigenvalue weighted by Crippen LogP contribution is 2.30. The Morgan fingerprint density at radius 3 is 2.72 bits per heavy atom. The monoisotopic (exact) mass is 245 g/mol. The number of hydrogen-bond acceptors (Lipinski definition) is 3. The van der Waals surface area contributed by atoms with Crippen molar-refractivity contribution in [1.82, 2.24) is 15.1 Å². The highest BCUT2D eigenvalue weighted by molar-refractivity contribution is 5.67. The minimum Gasteiger partial charge on any atom is -0.496 e. The van der Waals surface area contributed by atoms with Gasteiger partial charge in [-0.05, 0) is 32.2 Å². The Labute approximate surface area is 108 Å². The van der Waals surface area contributed by atoms with Gasteiger partial charge in [-0.3, -0.25) is 4.68 Å². The zero-order valence-corrected chi connectivity index (χ0v) is 11.3. The Morgan fingerprint density at radius 2 is 2.06 bits per heavy atom. The van der Waals surface area contributed by atoms with E-state index < -0.39 is 0 Å². The maximum Gasteiger partial charge on any atom is 0.128 e. The van der Waals surface area contributed by atoms with Gasteiger partial charge in [-0.15, -0.1) is 0 Å². The van der Waals surface area contributed by atoms with Crippen LogP contribution in [0.3, 0.4) is 0 Å². The molecule has 0 spiro atoms. The number of nitrogens with zero attached hydrogens (tertiary/aromatic N) is 2. The number of aromatic nitrogens is 2. The summed E-state index contributed by atoms with van der Waals surface area (Å²) in [6, 6.07) is 10.3. The largest absolute Gasteiger partial charge is 0.496 e. The average molecular weight is 245 g/mol. The fraction of sp³-hybridized carbons (Fsp3) is 0.357. The molecular weight excluding hydrogens is 226 g/mol. The topological polar surface area (TPSA) is 39.1 Å². The molecule has 0 bridgehead atoms. The van der Waals surface area contributed by atoms with Crippen molar-refractivity contribution < 1.29 is 4.74 Å². The van der Waals surface area contributed by atoms with Crippen LogP contribution in [0.4, 0.5) is 0 Å². The number of hydrogen-bond donors (Lipinski definition) is 1. The zero-order chi connectivity index (χ0) is 13.1. The van der Waals surface area contributed by atoms with E-state index in [1.54, 1.807) is 7.11 Å². The van der Waals surface area contributed by atoms with Gasteiger partial charge in [-0.2, -0.15) is 5.10 Å². The minimum atomic E-state index is 0.236. The lowest BCUT2D eigenvalue weighted by atomic mass is 10.1. The zero-order valence-electron chi connectivity index (χ0n) is 11.3. The number of ether oxygens (including phenoxy) is 1. The van der Waals surface area contributed by atoms with Crippen LogP contribution in [-0.4, -0.2) is 23.9 Å². The van der Waals surface area contributed by atoms with Gasteiger partial charge in [0.15, 0.2) is 0 Å². The van der Waals surface area contributed by atoms with Crippen LogP contribution in [0.25, 0.3) is 11.3 Å². The van der Waals surface area contributed by atoms with E-state index in [1.165, 1.54) is 0 Å². The lowest BCUT2D eigenvalue weighted by molar-refractivity contribution is 0.416. The quantitative estimate of drug-likeness (QED) is 0.899. The molecule has 1 aromatic heterocycles. The number of rotatable bonds is 4. The van der Waals surface area contributed by atoms with E-state index in [9.17, 15) is 0 Å². The van der Waals surface area contributed by atoms with Crippen molar-refractivity contribution in [3.8, 4) is 17.0 Å². The van der Waals surface area contributed by atoms with Crippen LogP contribution in [-0.2, 0) is 7.05 Å². The molecule has 0 saturated carbocycles. The summed E-state index contributed by atoms with van der Waals surface area (Å²) in [4.78, 5) is 0. The fourth-order valence-corrected chi connectivity index (χ4v) is 1.96. The van der Waals surface area contributed by atoms with E-state index in [2.05, 4.69) is 23.4 Å². The molecule has 0 aliphatic heterocycles. The molecule has 18 heavy (non-hydrogen) atoms. The molecule has 0 fully saturated rings. The molecule has 4 nitrogen and oxygen atoms in total. The van der Waals surface area contributed by atoms with Crippen LogP contribution in [0.5, 0.6) is 5.75 Å². The maximum atomic E-state index is 5.39. The van der Waals surface area contributed by atoms with Gasteiger partial charge in [0.05, 0.1) is 18.5 Å². The van der Waals surface area contributed by atoms with Gasteiger partial charge < -0.3 is 10.1 Å². The third kappa shape index (κ3) is 2.24. The summed E-state index contributed by atoms with van der Waals surface area (Å²) in [5, 5.41) is 7.73. The molecule has 2 aromatic rings. The van der Waals surface area contributed by atoms with Crippen LogP contribution >= 0.6 is 0 Å². The first-order valence-electron chi connectivity index (χ1n) is 6.02. The Bertz CT molecular complexity index is 534. The molecule has 1 heterocycles. The predicted octanol–water partition coefficient (Wildman–Crippen LogP) is 2.38. The first-order valence-corrected chi connectivity index (χ1v) is 6.02. The molecule has 1 unspecified atom stereocenters. The Hall–Kier alpha value is -1.81. The lowest BCUT2D eigenvalue weighted by Gasteiger charge is -2.07. The Kier molecular flexibility index (Phi) is 3.67. The molecule has 2 rings (SSSR count). The third-order valence-corrected chi connectivity index (χ3v) is 3.16. The van der Waals surface area contributed by atoms with Gasteiger partial charge in [-0.1, -0.05) is 12.1 Å². The van der Waals surface area contributed by atoms with Crippen molar-refractivity contribution in [2.24, 2.45) is 7.05 Å². The molecule has 1 aromatic carbocycles. The number of para-hydroxylation sites is 1. The fourth-order valence-electron chi connectivity index (χ4n) is 1.96. The second kappa shape index (κ2) is 5.23. The first kappa shape index (κ1) is 12.6. The smallest absolute Gasteiger partial charge is 0.128 e. The molecular formula is C14H19N3O. The van der Waals surface area contributed by atoms with E-state index in [-0.39, 0.29) is 6.04 Å². The number of aryl methyl sites for hydroxylation is 1. The van der Waals surface area contributed by atoms with Gasteiger partial charge >= 0.3 is 0 Å². The van der Waals surface area contributed by atoms with E-state index >= 15 is 0 Å². The van der Waals surface area contributed by atoms with Crippen molar-refractivity contribution >= 4 is 0 Å². The van der Waals surface area contributed by atoms with Crippen molar-refractivity contribution in [1.29, 1.82) is 0 Å². The first-order chi connectivity index (χ1) is 8.67. The van der Waals surface area contributed by atoms with Crippen molar-refractivity contribution in [3.05, 3.63) is 36.0 Å². The van der Waals surface area contributed by atoms with Crippen LogP contribution in [0.1, 0.15) is 18.7 Å². The highest BCUT2D eigenvalue weighted by atomic mass is 16.5. The number of methoxy groups -OCH3 is 1. The van der Waals surface area contributed by atoms with Gasteiger partial charge in [0.25, 0.3) is 0 Å². The number of benzene rings is 1. The molecule has 0 radical (unpaired) electrons. The maximum absolute atomic E-state index is 5.39. The van der Waals surface area contributed by atoms with Crippen molar-refractivity contribution in [2.45, 2.75) is 13.0 Å². The average Bonchev–Trinajstić information content (AvgIpc) is 2.79. The van der Waals surface area contributed by atoms with E-state index in [1.807, 2.05) is 43.0 Å². The minimum absolute atomic E-state index is 0.236. The molecule has 0 saturated heterocycles. The van der Waals surface area contributed by atoms with Crippen molar-refractivity contribution in [3.63, 3.8) is 0 Å². The third-order valence-electron chi connectivity index (χ3n) is 3.16. The van der Waals surface area contributed by atoms with Crippen LogP contribution < -0.4 is 10.1 Å². The van der Waals surface area contributed by atoms with E-state index in [0.717, 1.165) is 22.7 Å². The van der Waals surface area contributed by atoms with Crippen LogP contribution in [0, 0.1) is 0 Å². The SMILES string of the molecule is CNC(C)c1cc(-c2ccccc2OC)n(C)n1. The molecule has 0 aliphatic rings. The van der Waals surface area contributed by atoms with Crippen molar-refractivity contribution in [2.75, 3.05) is 14.2 Å². The summed E-state index contributed by atoms with van der Waals surface area (Å²) < 4.78 is 7.28. The second-order valence-corrected chi connectivity index (χ2v) is 4.29. The Balaban J connectivity index is 2.47.